The standard InChI is InChI=1S/C28H30N4O6/c1-3-17-18-11-16(38-27(35)31-9-7-15(29)8-10-31)5-6-22(18)30-24-19(17)13-32-23(24)12-21-20(25(32)33)14-37-26(34)28(21,36)4-2/h5-6,11-12,15,36H,3-4,7-10,13-14,29H2,1-2H3/t28-/m1/s1/i1D3. The Kier molecular flexibility index (Phi) is 4.98. The van der Waals surface area contributed by atoms with E-state index < -0.39 is 30.1 Å². The number of nitrogens with two attached hydrogens (primary N) is 1. The van der Waals surface area contributed by atoms with Crippen molar-refractivity contribution < 1.29 is 28.3 Å². The summed E-state index contributed by atoms with van der Waals surface area (Å²) in [6, 6.07) is 6.49. The molecule has 10 heteroatoms. The minimum Gasteiger partial charge on any atom is -0.458 e. The van der Waals surface area contributed by atoms with Gasteiger partial charge in [-0.05, 0) is 55.5 Å². The number of hydrogen-bond acceptors (Lipinski definition) is 8. The third-order valence-electron chi connectivity index (χ3n) is 7.96. The number of fused-ring (bicyclic) bond motifs is 5. The number of benzene rings is 1. The van der Waals surface area contributed by atoms with E-state index in [0.717, 1.165) is 0 Å². The fourth-order valence-electron chi connectivity index (χ4n) is 5.65. The second kappa shape index (κ2) is 8.92. The molecule has 198 valence electrons. The summed E-state index contributed by atoms with van der Waals surface area (Å²) in [7, 11) is 0. The third-order valence-corrected chi connectivity index (χ3v) is 7.96. The van der Waals surface area contributed by atoms with Crippen LogP contribution in [-0.4, -0.2) is 50.8 Å². The van der Waals surface area contributed by atoms with Gasteiger partial charge in [0.25, 0.3) is 5.56 Å². The predicted octanol–water partition coefficient (Wildman–Crippen LogP) is 2.56. The normalized spacial score (nSPS) is 22.1. The molecule has 1 fully saturated rings. The number of likely N-dealkylation sites (tertiary alicyclic amines) is 1. The van der Waals surface area contributed by atoms with Gasteiger partial charge >= 0.3 is 12.1 Å². The van der Waals surface area contributed by atoms with Gasteiger partial charge in [0.15, 0.2) is 5.60 Å². The van der Waals surface area contributed by atoms with E-state index in [4.69, 9.17) is 24.3 Å². The Hall–Kier alpha value is -3.76. The molecule has 0 saturated carbocycles. The molecule has 0 aliphatic carbocycles. The molecule has 0 radical (unpaired) electrons. The van der Waals surface area contributed by atoms with Crippen LogP contribution >= 0.6 is 0 Å². The molecule has 3 N–H and O–H groups in total. The van der Waals surface area contributed by atoms with Crippen LogP contribution in [0.5, 0.6) is 5.75 Å². The molecule has 3 aliphatic heterocycles. The zero-order valence-corrected chi connectivity index (χ0v) is 21.0. The van der Waals surface area contributed by atoms with Gasteiger partial charge in [-0.25, -0.2) is 14.6 Å². The quantitative estimate of drug-likeness (QED) is 0.393. The Balaban J connectivity index is 1.46. The van der Waals surface area contributed by atoms with Crippen LogP contribution in [0.25, 0.3) is 22.3 Å². The lowest BCUT2D eigenvalue weighted by Crippen LogP contribution is -2.44. The second-order valence-electron chi connectivity index (χ2n) is 10.1. The number of nitrogens with zero attached hydrogens (tertiary/aromatic N) is 3. The first-order valence-electron chi connectivity index (χ1n) is 14.2. The average Bonchev–Trinajstić information content (AvgIpc) is 3.30. The first-order valence-corrected chi connectivity index (χ1v) is 12.7. The maximum atomic E-state index is 13.6. The fourth-order valence-corrected chi connectivity index (χ4v) is 5.65. The number of carbonyl (C=O) groups is 2. The minimum absolute atomic E-state index is 0.00968. The molecule has 0 unspecified atom stereocenters. The molecule has 5 heterocycles. The van der Waals surface area contributed by atoms with Gasteiger partial charge in [0.05, 0.1) is 29.0 Å². The predicted molar refractivity (Wildman–Crippen MR) is 139 cm³/mol. The summed E-state index contributed by atoms with van der Waals surface area (Å²) in [6.07, 6.45) is 0.567. The Morgan fingerprint density at radius 2 is 2.08 bits per heavy atom. The van der Waals surface area contributed by atoms with Gasteiger partial charge < -0.3 is 29.8 Å². The number of aryl methyl sites for hydroxylation is 1. The van der Waals surface area contributed by atoms with Crippen LogP contribution in [0.3, 0.4) is 0 Å². The number of hydrogen-bond donors (Lipinski definition) is 2. The van der Waals surface area contributed by atoms with Crippen molar-refractivity contribution in [2.24, 2.45) is 5.73 Å². The van der Waals surface area contributed by atoms with Gasteiger partial charge in [-0.15, -0.1) is 0 Å². The highest BCUT2D eigenvalue weighted by molar-refractivity contribution is 5.90. The van der Waals surface area contributed by atoms with Gasteiger partial charge in [-0.1, -0.05) is 13.8 Å². The third kappa shape index (κ3) is 3.62. The molecule has 1 amide bonds. The van der Waals surface area contributed by atoms with Gasteiger partial charge in [-0.2, -0.15) is 0 Å². The first-order chi connectivity index (χ1) is 19.4. The maximum absolute atomic E-state index is 13.6. The number of aliphatic hydroxyl groups is 1. The first kappa shape index (κ1) is 21.2. The van der Waals surface area contributed by atoms with Crippen molar-refractivity contribution in [2.75, 3.05) is 13.1 Å². The van der Waals surface area contributed by atoms with Crippen LogP contribution < -0.4 is 16.0 Å². The van der Waals surface area contributed by atoms with Gasteiger partial charge in [0.1, 0.15) is 12.4 Å². The molecule has 10 nitrogen and oxygen atoms in total. The summed E-state index contributed by atoms with van der Waals surface area (Å²) in [4.78, 5) is 45.2. The van der Waals surface area contributed by atoms with Crippen LogP contribution in [0.1, 0.15) is 59.4 Å². The maximum Gasteiger partial charge on any atom is 0.415 e. The highest BCUT2D eigenvalue weighted by Crippen LogP contribution is 2.40. The number of rotatable bonds is 3. The lowest BCUT2D eigenvalue weighted by atomic mass is 9.86. The number of pyridine rings is 2. The molecule has 1 atom stereocenters. The SMILES string of the molecule is [2H]C([2H])([2H])Cc1c2c(nc3ccc(OC(=O)N4CCC(N)CC4)cc13)-c1cc3c(c(=O)n1C2)COC(=O)[C@@]3(O)CC. The zero-order valence-electron chi connectivity index (χ0n) is 24.0. The minimum atomic E-state index is -2.34. The highest BCUT2D eigenvalue weighted by atomic mass is 16.6. The molecule has 3 aromatic rings. The number of esters is 1. The largest absolute Gasteiger partial charge is 0.458 e. The molecule has 6 rings (SSSR count). The number of carbonyl (C=O) groups excluding carboxylic acids is 2. The monoisotopic (exact) mass is 521 g/mol. The average molecular weight is 522 g/mol. The van der Waals surface area contributed by atoms with Crippen LogP contribution in [0.15, 0.2) is 29.1 Å². The van der Waals surface area contributed by atoms with Crippen molar-refractivity contribution in [1.29, 1.82) is 0 Å². The van der Waals surface area contributed by atoms with E-state index in [9.17, 15) is 19.5 Å². The lowest BCUT2D eigenvalue weighted by molar-refractivity contribution is -0.172. The molecular weight excluding hydrogens is 488 g/mol. The molecular formula is C28H30N4O6. The van der Waals surface area contributed by atoms with E-state index in [2.05, 4.69) is 0 Å². The Bertz CT molecular complexity index is 1660. The Morgan fingerprint density at radius 1 is 1.29 bits per heavy atom. The van der Waals surface area contributed by atoms with E-state index in [-0.39, 0.29) is 48.9 Å². The summed E-state index contributed by atoms with van der Waals surface area (Å²) < 4.78 is 36.3. The van der Waals surface area contributed by atoms with Crippen LogP contribution in [-0.2, 0) is 34.7 Å². The number of aromatic nitrogens is 2. The molecule has 3 aliphatic rings. The Morgan fingerprint density at radius 3 is 2.82 bits per heavy atom. The van der Waals surface area contributed by atoms with Crippen molar-refractivity contribution in [2.45, 2.75) is 64.3 Å². The molecule has 1 saturated heterocycles. The molecule has 38 heavy (non-hydrogen) atoms. The Labute approximate surface area is 223 Å². The van der Waals surface area contributed by atoms with E-state index in [1.165, 1.54) is 4.57 Å². The summed E-state index contributed by atoms with van der Waals surface area (Å²) in [5.41, 5.74) is 6.16. The zero-order chi connectivity index (χ0) is 29.3. The van der Waals surface area contributed by atoms with E-state index in [1.54, 1.807) is 36.1 Å². The molecule has 1 aromatic carbocycles. The smallest absolute Gasteiger partial charge is 0.415 e. The lowest BCUT2D eigenvalue weighted by Gasteiger charge is -2.31. The van der Waals surface area contributed by atoms with E-state index in [0.29, 0.717) is 59.3 Å². The van der Waals surface area contributed by atoms with E-state index >= 15 is 0 Å². The van der Waals surface area contributed by atoms with Gasteiger partial charge in [0, 0.05) is 39.8 Å². The number of ether oxygens (including phenoxy) is 2. The van der Waals surface area contributed by atoms with Crippen LogP contribution in [0, 0.1) is 0 Å². The fraction of sp³-hybridized carbons (Fsp3) is 0.429. The second-order valence-corrected chi connectivity index (χ2v) is 10.1. The topological polar surface area (TPSA) is 137 Å². The summed E-state index contributed by atoms with van der Waals surface area (Å²) >= 11 is 0. The highest BCUT2D eigenvalue weighted by Gasteiger charge is 2.45. The van der Waals surface area contributed by atoms with Crippen molar-refractivity contribution in [3.05, 3.63) is 56.9 Å². The molecule has 0 spiro atoms. The van der Waals surface area contributed by atoms with Crippen molar-refractivity contribution in [3.63, 3.8) is 0 Å². The summed E-state index contributed by atoms with van der Waals surface area (Å²) in [6.45, 7) is 0.0627. The van der Waals surface area contributed by atoms with E-state index in [1.807, 2.05) is 0 Å². The van der Waals surface area contributed by atoms with Crippen LogP contribution in [0.2, 0.25) is 0 Å². The summed E-state index contributed by atoms with van der Waals surface area (Å²) in [5, 5.41) is 11.6. The van der Waals surface area contributed by atoms with Gasteiger partial charge in [-0.3, -0.25) is 4.79 Å². The molecule has 2 aromatic heterocycles. The van der Waals surface area contributed by atoms with Crippen molar-refractivity contribution in [1.82, 2.24) is 14.5 Å². The summed E-state index contributed by atoms with van der Waals surface area (Å²) in [5.74, 6) is -0.572. The molecule has 0 bridgehead atoms. The van der Waals surface area contributed by atoms with Crippen LogP contribution in [0.4, 0.5) is 4.79 Å². The number of amides is 1. The van der Waals surface area contributed by atoms with Crippen molar-refractivity contribution in [3.8, 4) is 17.1 Å². The number of piperidine rings is 1. The van der Waals surface area contributed by atoms with Gasteiger partial charge in [0.2, 0.25) is 0 Å². The van der Waals surface area contributed by atoms with Crippen molar-refractivity contribution >= 4 is 23.0 Å². The number of cyclic esters (lactones) is 1.